The Morgan fingerprint density at radius 3 is 1.06 bits per heavy atom. The molecule has 0 spiro atoms. The lowest BCUT2D eigenvalue weighted by molar-refractivity contribution is 0.628. The van der Waals surface area contributed by atoms with Crippen LogP contribution in [0.3, 0.4) is 0 Å². The molecule has 10 aromatic carbocycles. The highest BCUT2D eigenvalue weighted by Crippen LogP contribution is 2.52. The van der Waals surface area contributed by atoms with Crippen molar-refractivity contribution in [2.75, 3.05) is 9.80 Å². The van der Waals surface area contributed by atoms with Crippen LogP contribution in [0.25, 0.3) is 54.6 Å². The van der Waals surface area contributed by atoms with Crippen molar-refractivity contribution in [1.29, 1.82) is 0 Å². The predicted octanol–water partition coefficient (Wildman–Crippen LogP) is 18.0. The smallest absolute Gasteiger partial charge is 0.147 e. The highest BCUT2D eigenvalue weighted by atomic mass is 19.1. The van der Waals surface area contributed by atoms with Gasteiger partial charge in [0.25, 0.3) is 0 Å². The normalized spacial score (nSPS) is 11.7. The van der Waals surface area contributed by atoms with Gasteiger partial charge in [0.05, 0.1) is 22.7 Å². The topological polar surface area (TPSA) is 6.48 Å². The van der Waals surface area contributed by atoms with Gasteiger partial charge in [-0.05, 0) is 140 Å². The number of benzene rings is 10. The molecule has 314 valence electrons. The summed E-state index contributed by atoms with van der Waals surface area (Å²) in [7, 11) is 0. The minimum Gasteiger partial charge on any atom is -0.307 e. The second-order valence-electron chi connectivity index (χ2n) is 17.7. The molecule has 0 amide bonds. The van der Waals surface area contributed by atoms with Gasteiger partial charge in [0.15, 0.2) is 0 Å². The highest BCUT2D eigenvalue weighted by molar-refractivity contribution is 6.29. The fourth-order valence-corrected chi connectivity index (χ4v) is 9.70. The SMILES string of the molecule is Cc1ccc(-c2ccccc2)cc1N(c1ccccc1F)c1cc(C(C)C)c2ccc3c(N(c4cc(-c5ccccc5)ccc4C)c4ccccc4F)cc(C(C)C)c4ccc1c2c43. The van der Waals surface area contributed by atoms with Crippen LogP contribution in [0.15, 0.2) is 182 Å². The summed E-state index contributed by atoms with van der Waals surface area (Å²) in [5.74, 6) is -0.321. The Labute approximate surface area is 375 Å². The van der Waals surface area contributed by atoms with Crippen molar-refractivity contribution in [1.82, 2.24) is 0 Å². The van der Waals surface area contributed by atoms with Crippen molar-refractivity contribution >= 4 is 66.4 Å². The van der Waals surface area contributed by atoms with Gasteiger partial charge < -0.3 is 9.80 Å². The van der Waals surface area contributed by atoms with Crippen LogP contribution in [0.4, 0.5) is 42.9 Å². The van der Waals surface area contributed by atoms with E-state index in [2.05, 4.69) is 148 Å². The predicted molar refractivity (Wildman–Crippen MR) is 268 cm³/mol. The maximum absolute atomic E-state index is 16.6. The Hall–Kier alpha value is -7.30. The zero-order valence-electron chi connectivity index (χ0n) is 37.1. The zero-order valence-corrected chi connectivity index (χ0v) is 37.1. The van der Waals surface area contributed by atoms with E-state index in [9.17, 15) is 0 Å². The molecule has 0 heterocycles. The maximum Gasteiger partial charge on any atom is 0.147 e. The van der Waals surface area contributed by atoms with E-state index in [1.54, 1.807) is 24.3 Å². The van der Waals surface area contributed by atoms with Crippen molar-refractivity contribution in [2.45, 2.75) is 53.4 Å². The number of para-hydroxylation sites is 2. The summed E-state index contributed by atoms with van der Waals surface area (Å²) < 4.78 is 33.1. The van der Waals surface area contributed by atoms with Gasteiger partial charge in [0.2, 0.25) is 0 Å². The van der Waals surface area contributed by atoms with E-state index >= 15 is 8.78 Å². The van der Waals surface area contributed by atoms with Gasteiger partial charge in [0.1, 0.15) is 11.6 Å². The molecule has 64 heavy (non-hydrogen) atoms. The van der Waals surface area contributed by atoms with Crippen LogP contribution in [0, 0.1) is 25.5 Å². The van der Waals surface area contributed by atoms with Crippen molar-refractivity contribution in [2.24, 2.45) is 0 Å². The quantitative estimate of drug-likeness (QED) is 0.127. The van der Waals surface area contributed by atoms with E-state index in [4.69, 9.17) is 0 Å². The van der Waals surface area contributed by atoms with Gasteiger partial charge in [-0.2, -0.15) is 0 Å². The third-order valence-corrected chi connectivity index (χ3v) is 12.9. The molecule has 0 saturated heterocycles. The third kappa shape index (κ3) is 6.95. The van der Waals surface area contributed by atoms with E-state index in [0.717, 1.165) is 88.4 Å². The number of nitrogens with zero attached hydrogens (tertiary/aromatic N) is 2. The lowest BCUT2D eigenvalue weighted by Crippen LogP contribution is -2.15. The first-order valence-electron chi connectivity index (χ1n) is 22.3. The number of hydrogen-bond acceptors (Lipinski definition) is 2. The fraction of sp³-hybridized carbons (Fsp3) is 0.133. The van der Waals surface area contributed by atoms with Gasteiger partial charge in [-0.15, -0.1) is 0 Å². The van der Waals surface area contributed by atoms with Crippen LogP contribution in [-0.2, 0) is 0 Å². The minimum absolute atomic E-state index is 0.143. The molecule has 0 radical (unpaired) electrons. The Kier molecular flexibility index (Phi) is 10.5. The van der Waals surface area contributed by atoms with E-state index in [1.165, 1.54) is 11.1 Å². The van der Waals surface area contributed by atoms with Gasteiger partial charge in [-0.25, -0.2) is 8.78 Å². The largest absolute Gasteiger partial charge is 0.307 e. The lowest BCUT2D eigenvalue weighted by atomic mass is 9.84. The first-order chi connectivity index (χ1) is 31.1. The molecule has 0 fully saturated rings. The number of anilines is 6. The summed E-state index contributed by atoms with van der Waals surface area (Å²) in [6, 6.07) is 61.4. The molecule has 10 aromatic rings. The Bertz CT molecular complexity index is 3110. The molecule has 0 bridgehead atoms. The van der Waals surface area contributed by atoms with E-state index in [0.29, 0.717) is 11.4 Å². The molecule has 0 aliphatic carbocycles. The highest BCUT2D eigenvalue weighted by Gasteiger charge is 2.28. The molecule has 0 atom stereocenters. The monoisotopic (exact) mass is 836 g/mol. The first kappa shape index (κ1) is 40.8. The van der Waals surface area contributed by atoms with Crippen LogP contribution < -0.4 is 9.80 Å². The third-order valence-electron chi connectivity index (χ3n) is 12.9. The van der Waals surface area contributed by atoms with Crippen molar-refractivity contribution in [3.63, 3.8) is 0 Å². The Morgan fingerprint density at radius 2 is 0.688 bits per heavy atom. The molecule has 0 saturated carbocycles. The molecule has 10 rings (SSSR count). The van der Waals surface area contributed by atoms with Gasteiger partial charge in [-0.1, -0.05) is 161 Å². The van der Waals surface area contributed by atoms with Crippen LogP contribution in [0.1, 0.15) is 61.8 Å². The number of rotatable bonds is 10. The summed E-state index contributed by atoms with van der Waals surface area (Å²) in [6.45, 7) is 13.1. The first-order valence-corrected chi connectivity index (χ1v) is 22.3. The summed E-state index contributed by atoms with van der Waals surface area (Å²) in [5, 5.41) is 6.56. The van der Waals surface area contributed by atoms with E-state index in [1.807, 2.05) is 60.7 Å². The molecular weight excluding hydrogens is 787 g/mol. The molecular formula is C60H50F2N2. The lowest BCUT2D eigenvalue weighted by Gasteiger charge is -2.33. The molecule has 0 aromatic heterocycles. The zero-order chi connectivity index (χ0) is 44.2. The van der Waals surface area contributed by atoms with Gasteiger partial charge >= 0.3 is 0 Å². The number of halogens is 2. The summed E-state index contributed by atoms with van der Waals surface area (Å²) in [6.07, 6.45) is 0. The molecule has 0 N–H and O–H groups in total. The molecule has 0 aliphatic heterocycles. The average molecular weight is 837 g/mol. The van der Waals surface area contributed by atoms with Gasteiger partial charge in [-0.3, -0.25) is 0 Å². The minimum atomic E-state index is -0.304. The second kappa shape index (κ2) is 16.4. The van der Waals surface area contributed by atoms with Crippen LogP contribution in [0.5, 0.6) is 0 Å². The molecule has 2 nitrogen and oxygen atoms in total. The van der Waals surface area contributed by atoms with E-state index < -0.39 is 0 Å². The summed E-state index contributed by atoms with van der Waals surface area (Å²) >= 11 is 0. The standard InChI is InChI=1S/C60H50F2N2/c1-37(2)49-35-57(63(53-23-15-13-21-51(53)61)55-33-43(27-25-39(55)5)41-17-9-7-10-18-41)47-32-30-46-50(38(3)4)36-58(48-31-29-45(49)59(47)60(46)48)64(54-24-16-14-22-52(54)62)56-34-44(28-26-40(56)6)42-19-11-8-12-20-42/h7-38H,1-6H3. The van der Waals surface area contributed by atoms with Crippen molar-refractivity contribution < 1.29 is 8.78 Å². The Balaban J connectivity index is 1.32. The molecule has 0 aliphatic rings. The van der Waals surface area contributed by atoms with E-state index in [-0.39, 0.29) is 23.5 Å². The maximum atomic E-state index is 16.6. The average Bonchev–Trinajstić information content (AvgIpc) is 3.31. The second-order valence-corrected chi connectivity index (χ2v) is 17.7. The number of hydrogen-bond donors (Lipinski definition) is 0. The van der Waals surface area contributed by atoms with Crippen molar-refractivity contribution in [3.8, 4) is 22.3 Å². The Morgan fingerprint density at radius 1 is 0.328 bits per heavy atom. The van der Waals surface area contributed by atoms with Crippen molar-refractivity contribution in [3.05, 3.63) is 216 Å². The number of aryl methyl sites for hydroxylation is 2. The van der Waals surface area contributed by atoms with Gasteiger partial charge in [0, 0.05) is 22.1 Å². The fourth-order valence-electron chi connectivity index (χ4n) is 9.70. The summed E-state index contributed by atoms with van der Waals surface area (Å²) in [4.78, 5) is 4.26. The van der Waals surface area contributed by atoms with Crippen LogP contribution in [-0.4, -0.2) is 0 Å². The van der Waals surface area contributed by atoms with Crippen LogP contribution >= 0.6 is 0 Å². The summed E-state index contributed by atoms with van der Waals surface area (Å²) in [5.41, 5.74) is 13.2. The van der Waals surface area contributed by atoms with Crippen LogP contribution in [0.2, 0.25) is 0 Å². The molecule has 0 unspecified atom stereocenters. The molecule has 4 heteroatoms.